The molecule has 3 nitrogen and oxygen atoms in total. The summed E-state index contributed by atoms with van der Waals surface area (Å²) in [7, 11) is -3.64. The van der Waals surface area contributed by atoms with E-state index in [2.05, 4.69) is 0 Å². The van der Waals surface area contributed by atoms with E-state index >= 15 is 0 Å². The Hall–Kier alpha value is -1.72. The van der Waals surface area contributed by atoms with Gasteiger partial charge in [0.1, 0.15) is 5.82 Å². The Morgan fingerprint density at radius 1 is 1.04 bits per heavy atom. The van der Waals surface area contributed by atoms with E-state index in [1.807, 2.05) is 32.0 Å². The number of hydrogen-bond acceptors (Lipinski definition) is 2. The number of rotatable bonds is 3. The molecule has 3 rings (SSSR count). The number of halogens is 1. The number of benzene rings is 2. The monoisotopic (exact) mass is 361 g/mol. The number of nitrogens with zero attached hydrogens (tertiary/aromatic N) is 1. The normalized spacial score (nSPS) is 19.6. The molecule has 0 aliphatic carbocycles. The lowest BCUT2D eigenvalue weighted by molar-refractivity contribution is 0.328. The van der Waals surface area contributed by atoms with Crippen LogP contribution in [0.5, 0.6) is 0 Å². The Labute approximate surface area is 149 Å². The summed E-state index contributed by atoms with van der Waals surface area (Å²) in [6, 6.07) is 11.5. The molecule has 1 aliphatic heterocycles. The summed E-state index contributed by atoms with van der Waals surface area (Å²) in [5, 5.41) is 0. The maximum Gasteiger partial charge on any atom is 0.243 e. The van der Waals surface area contributed by atoms with E-state index in [0.29, 0.717) is 17.9 Å². The predicted molar refractivity (Wildman–Crippen MR) is 97.4 cm³/mol. The quantitative estimate of drug-likeness (QED) is 0.791. The van der Waals surface area contributed by atoms with Gasteiger partial charge in [-0.25, -0.2) is 12.8 Å². The largest absolute Gasteiger partial charge is 0.243 e. The maximum absolute atomic E-state index is 13.7. The van der Waals surface area contributed by atoms with E-state index in [4.69, 9.17) is 0 Å². The molecule has 5 heteroatoms. The molecule has 0 bridgehead atoms. The average molecular weight is 361 g/mol. The van der Waals surface area contributed by atoms with Crippen LogP contribution in [0.25, 0.3) is 0 Å². The molecule has 2 aromatic rings. The van der Waals surface area contributed by atoms with E-state index in [1.54, 1.807) is 16.4 Å². The van der Waals surface area contributed by atoms with E-state index in [0.717, 1.165) is 36.0 Å². The molecule has 1 unspecified atom stereocenters. The van der Waals surface area contributed by atoms with E-state index in [-0.39, 0.29) is 11.9 Å². The highest BCUT2D eigenvalue weighted by atomic mass is 32.2. The van der Waals surface area contributed by atoms with Gasteiger partial charge in [0.2, 0.25) is 10.0 Å². The summed E-state index contributed by atoms with van der Waals surface area (Å²) < 4.78 is 42.1. The Morgan fingerprint density at radius 2 is 1.84 bits per heavy atom. The van der Waals surface area contributed by atoms with Crippen LogP contribution in [0.4, 0.5) is 4.39 Å². The van der Waals surface area contributed by atoms with Crippen molar-refractivity contribution in [1.29, 1.82) is 0 Å². The lowest BCUT2D eigenvalue weighted by Crippen LogP contribution is -2.35. The molecule has 134 valence electrons. The molecule has 0 N–H and O–H groups in total. The molecule has 0 amide bonds. The molecular formula is C20H24FNO2S. The zero-order valence-corrected chi connectivity index (χ0v) is 15.5. The van der Waals surface area contributed by atoms with Gasteiger partial charge in [-0.05, 0) is 61.6 Å². The van der Waals surface area contributed by atoms with Crippen molar-refractivity contribution in [2.75, 3.05) is 6.54 Å². The minimum atomic E-state index is -3.64. The molecule has 1 fully saturated rings. The molecule has 1 saturated heterocycles. The zero-order valence-electron chi connectivity index (χ0n) is 14.7. The van der Waals surface area contributed by atoms with Gasteiger partial charge in [0, 0.05) is 6.54 Å². The van der Waals surface area contributed by atoms with Gasteiger partial charge in [-0.2, -0.15) is 4.31 Å². The second kappa shape index (κ2) is 7.26. The fourth-order valence-electron chi connectivity index (χ4n) is 3.53. The highest BCUT2D eigenvalue weighted by Crippen LogP contribution is 2.35. The third kappa shape index (κ3) is 3.77. The molecule has 0 saturated carbocycles. The topological polar surface area (TPSA) is 37.4 Å². The van der Waals surface area contributed by atoms with Crippen LogP contribution in [0.1, 0.15) is 48.4 Å². The van der Waals surface area contributed by atoms with Crippen LogP contribution in [0, 0.1) is 19.7 Å². The molecule has 2 aromatic carbocycles. The molecular weight excluding hydrogens is 337 g/mol. The maximum atomic E-state index is 13.7. The minimum Gasteiger partial charge on any atom is -0.207 e. The Bertz CT molecular complexity index is 864. The van der Waals surface area contributed by atoms with Gasteiger partial charge in [0.15, 0.2) is 0 Å². The fourth-order valence-corrected chi connectivity index (χ4v) is 5.52. The van der Waals surface area contributed by atoms with Gasteiger partial charge in [0.05, 0.1) is 10.9 Å². The third-order valence-corrected chi connectivity index (χ3v) is 6.92. The smallest absolute Gasteiger partial charge is 0.207 e. The Morgan fingerprint density at radius 3 is 2.60 bits per heavy atom. The van der Waals surface area contributed by atoms with Gasteiger partial charge in [-0.3, -0.25) is 0 Å². The first-order chi connectivity index (χ1) is 11.9. The third-order valence-electron chi connectivity index (χ3n) is 4.87. The second-order valence-corrected chi connectivity index (χ2v) is 8.66. The van der Waals surface area contributed by atoms with Crippen LogP contribution in [0.3, 0.4) is 0 Å². The van der Waals surface area contributed by atoms with Crippen molar-refractivity contribution in [3.8, 4) is 0 Å². The highest BCUT2D eigenvalue weighted by molar-refractivity contribution is 7.89. The summed E-state index contributed by atoms with van der Waals surface area (Å²) in [5.74, 6) is -0.328. The van der Waals surface area contributed by atoms with Gasteiger partial charge in [-0.1, -0.05) is 37.1 Å². The number of sulfonamides is 1. The van der Waals surface area contributed by atoms with Gasteiger partial charge >= 0.3 is 0 Å². The Balaban J connectivity index is 2.08. The van der Waals surface area contributed by atoms with Crippen LogP contribution in [0.15, 0.2) is 47.4 Å². The van der Waals surface area contributed by atoms with Crippen LogP contribution in [-0.4, -0.2) is 19.3 Å². The summed E-state index contributed by atoms with van der Waals surface area (Å²) >= 11 is 0. The first kappa shape index (κ1) is 18.1. The molecule has 0 spiro atoms. The van der Waals surface area contributed by atoms with Crippen molar-refractivity contribution in [3.05, 3.63) is 65.0 Å². The van der Waals surface area contributed by atoms with Crippen molar-refractivity contribution in [3.63, 3.8) is 0 Å². The van der Waals surface area contributed by atoms with Crippen molar-refractivity contribution >= 4 is 10.0 Å². The first-order valence-corrected chi connectivity index (χ1v) is 10.2. The fraction of sp³-hybridized carbons (Fsp3) is 0.400. The predicted octanol–water partition coefficient (Wildman–Crippen LogP) is 4.75. The zero-order chi connectivity index (χ0) is 18.0. The second-order valence-electron chi connectivity index (χ2n) is 6.80. The van der Waals surface area contributed by atoms with E-state index in [9.17, 15) is 12.8 Å². The molecule has 1 atom stereocenters. The van der Waals surface area contributed by atoms with Crippen LogP contribution < -0.4 is 0 Å². The van der Waals surface area contributed by atoms with Crippen molar-refractivity contribution in [2.24, 2.45) is 0 Å². The molecule has 0 aromatic heterocycles. The van der Waals surface area contributed by atoms with Gasteiger partial charge in [-0.15, -0.1) is 0 Å². The highest BCUT2D eigenvalue weighted by Gasteiger charge is 2.34. The van der Waals surface area contributed by atoms with E-state index < -0.39 is 10.0 Å². The lowest BCUT2D eigenvalue weighted by Gasteiger charge is -2.30. The van der Waals surface area contributed by atoms with E-state index in [1.165, 1.54) is 12.1 Å². The first-order valence-electron chi connectivity index (χ1n) is 8.74. The molecule has 1 aliphatic rings. The summed E-state index contributed by atoms with van der Waals surface area (Å²) in [6.07, 6.45) is 3.48. The number of aryl methyl sites for hydroxylation is 2. The standard InChI is InChI=1S/C20H24FNO2S/c1-15-10-11-16(2)20(13-15)25(23,24)22-12-5-3-4-9-19(22)17-7-6-8-18(21)14-17/h6-8,10-11,13-14,19H,3-5,9,12H2,1-2H3. The Kier molecular flexibility index (Phi) is 5.25. The van der Waals surface area contributed by atoms with Gasteiger partial charge in [0.25, 0.3) is 0 Å². The lowest BCUT2D eigenvalue weighted by atomic mass is 10.0. The summed E-state index contributed by atoms with van der Waals surface area (Å²) in [6.45, 7) is 4.18. The van der Waals surface area contributed by atoms with Gasteiger partial charge < -0.3 is 0 Å². The van der Waals surface area contributed by atoms with Crippen LogP contribution in [0.2, 0.25) is 0 Å². The summed E-state index contributed by atoms with van der Waals surface area (Å²) in [5.41, 5.74) is 2.39. The molecule has 0 radical (unpaired) electrons. The van der Waals surface area contributed by atoms with Crippen molar-refractivity contribution < 1.29 is 12.8 Å². The van der Waals surface area contributed by atoms with Crippen molar-refractivity contribution in [1.82, 2.24) is 4.31 Å². The number of hydrogen-bond donors (Lipinski definition) is 0. The molecule has 1 heterocycles. The van der Waals surface area contributed by atoms with Crippen LogP contribution in [-0.2, 0) is 10.0 Å². The minimum absolute atomic E-state index is 0.317. The summed E-state index contributed by atoms with van der Waals surface area (Å²) in [4.78, 5) is 0.357. The molecule has 25 heavy (non-hydrogen) atoms. The van der Waals surface area contributed by atoms with Crippen LogP contribution >= 0.6 is 0 Å². The van der Waals surface area contributed by atoms with Crippen molar-refractivity contribution in [2.45, 2.75) is 50.5 Å². The SMILES string of the molecule is Cc1ccc(C)c(S(=O)(=O)N2CCCCCC2c2cccc(F)c2)c1. The average Bonchev–Trinajstić information content (AvgIpc) is 2.83.